The summed E-state index contributed by atoms with van der Waals surface area (Å²) in [6.45, 7) is 4.97. The van der Waals surface area contributed by atoms with Crippen LogP contribution in [0.2, 0.25) is 0 Å². The third kappa shape index (κ3) is 4.91. The van der Waals surface area contributed by atoms with Crippen molar-refractivity contribution in [3.63, 3.8) is 0 Å². The van der Waals surface area contributed by atoms with Gasteiger partial charge in [-0.25, -0.2) is 0 Å². The number of benzene rings is 3. The third-order valence-corrected chi connectivity index (χ3v) is 5.70. The van der Waals surface area contributed by atoms with Crippen molar-refractivity contribution in [3.8, 4) is 23.0 Å². The van der Waals surface area contributed by atoms with Crippen molar-refractivity contribution in [2.24, 2.45) is 0 Å². The second-order valence-electron chi connectivity index (χ2n) is 7.75. The number of ether oxygens (including phenoxy) is 3. The minimum atomic E-state index is -0.136. The van der Waals surface area contributed by atoms with Gasteiger partial charge in [-0.3, -0.25) is 0 Å². The topological polar surface area (TPSA) is 76.6 Å². The van der Waals surface area contributed by atoms with E-state index in [1.165, 1.54) is 0 Å². The summed E-state index contributed by atoms with van der Waals surface area (Å²) in [5.74, 6) is 2.31. The van der Waals surface area contributed by atoms with Gasteiger partial charge in [-0.1, -0.05) is 18.2 Å². The largest absolute Gasteiger partial charge is 0.504 e. The SMILES string of the molecule is CCOc1ccccc1C1NC(c2ccc(OC)cc2)=CC(c2cccc(OCC)c2O)[NH2+]1. The van der Waals surface area contributed by atoms with E-state index in [0.29, 0.717) is 19.0 Å². The van der Waals surface area contributed by atoms with Gasteiger partial charge in [0, 0.05) is 11.8 Å². The number of hydrogen-bond acceptors (Lipinski definition) is 5. The molecule has 0 saturated heterocycles. The van der Waals surface area contributed by atoms with E-state index < -0.39 is 0 Å². The number of para-hydroxylation sites is 2. The Morgan fingerprint density at radius 2 is 1.52 bits per heavy atom. The number of nitrogens with two attached hydrogens (primary N) is 1. The second kappa shape index (κ2) is 10.3. The van der Waals surface area contributed by atoms with Crippen LogP contribution in [0.5, 0.6) is 23.0 Å². The molecule has 2 unspecified atom stereocenters. The van der Waals surface area contributed by atoms with Crippen LogP contribution in [0.1, 0.15) is 42.7 Å². The van der Waals surface area contributed by atoms with Gasteiger partial charge in [0.05, 0.1) is 31.5 Å². The molecule has 3 aromatic rings. The Labute approximate surface area is 194 Å². The Hall–Kier alpha value is -3.64. The Kier molecular flexibility index (Phi) is 7.05. The number of methoxy groups -OCH3 is 1. The van der Waals surface area contributed by atoms with Crippen molar-refractivity contribution in [2.45, 2.75) is 26.1 Å². The molecule has 6 nitrogen and oxygen atoms in total. The highest BCUT2D eigenvalue weighted by Crippen LogP contribution is 2.36. The average Bonchev–Trinajstić information content (AvgIpc) is 2.86. The van der Waals surface area contributed by atoms with E-state index in [1.54, 1.807) is 13.2 Å². The number of nitrogens with one attached hydrogen (secondary N) is 1. The standard InChI is InChI=1S/C27H30N2O4/c1-4-32-24-11-7-6-9-21(24)27-28-22(18-13-15-19(31-3)16-14-18)17-23(29-27)20-10-8-12-25(26(20)30)33-5-2/h6-17,23,27-30H,4-5H2,1-3H3/p+1. The van der Waals surface area contributed by atoms with Crippen LogP contribution in [0.15, 0.2) is 72.8 Å². The molecule has 2 atom stereocenters. The molecule has 0 fully saturated rings. The molecule has 1 heterocycles. The third-order valence-electron chi connectivity index (χ3n) is 5.70. The summed E-state index contributed by atoms with van der Waals surface area (Å²) >= 11 is 0. The summed E-state index contributed by atoms with van der Waals surface area (Å²) in [5.41, 5.74) is 3.85. The first kappa shape index (κ1) is 22.6. The maximum absolute atomic E-state index is 11.0. The molecule has 33 heavy (non-hydrogen) atoms. The molecule has 0 saturated carbocycles. The van der Waals surface area contributed by atoms with Gasteiger partial charge < -0.3 is 30.0 Å². The monoisotopic (exact) mass is 447 g/mol. The van der Waals surface area contributed by atoms with Crippen molar-refractivity contribution in [1.29, 1.82) is 0 Å². The molecule has 4 rings (SSSR count). The molecule has 6 heteroatoms. The van der Waals surface area contributed by atoms with Crippen molar-refractivity contribution in [3.05, 3.63) is 89.5 Å². The summed E-state index contributed by atoms with van der Waals surface area (Å²) in [4.78, 5) is 0. The predicted molar refractivity (Wildman–Crippen MR) is 128 cm³/mol. The molecule has 1 aliphatic heterocycles. The molecule has 4 N–H and O–H groups in total. The first-order chi connectivity index (χ1) is 16.1. The van der Waals surface area contributed by atoms with Gasteiger partial charge in [0.15, 0.2) is 17.7 Å². The van der Waals surface area contributed by atoms with Crippen molar-refractivity contribution in [2.75, 3.05) is 20.3 Å². The molecular formula is C27H31N2O4+. The first-order valence-electron chi connectivity index (χ1n) is 11.3. The lowest BCUT2D eigenvalue weighted by Crippen LogP contribution is -2.89. The minimum Gasteiger partial charge on any atom is -0.504 e. The van der Waals surface area contributed by atoms with Gasteiger partial charge in [0.25, 0.3) is 0 Å². The van der Waals surface area contributed by atoms with Crippen LogP contribution in [0.4, 0.5) is 0 Å². The summed E-state index contributed by atoms with van der Waals surface area (Å²) < 4.78 is 16.9. The van der Waals surface area contributed by atoms with Crippen LogP contribution in [-0.4, -0.2) is 25.4 Å². The Morgan fingerprint density at radius 1 is 0.848 bits per heavy atom. The van der Waals surface area contributed by atoms with E-state index in [1.807, 2.05) is 68.4 Å². The maximum atomic E-state index is 11.0. The quantitative estimate of drug-likeness (QED) is 0.484. The van der Waals surface area contributed by atoms with Crippen molar-refractivity contribution in [1.82, 2.24) is 5.32 Å². The molecule has 0 aromatic heterocycles. The smallest absolute Gasteiger partial charge is 0.190 e. The van der Waals surface area contributed by atoms with Crippen LogP contribution < -0.4 is 24.8 Å². The Morgan fingerprint density at radius 3 is 2.24 bits per heavy atom. The van der Waals surface area contributed by atoms with Crippen LogP contribution in [0.3, 0.4) is 0 Å². The van der Waals surface area contributed by atoms with E-state index in [9.17, 15) is 5.11 Å². The number of hydrogen-bond donors (Lipinski definition) is 3. The van der Waals surface area contributed by atoms with Gasteiger partial charge in [0.2, 0.25) is 0 Å². The fourth-order valence-corrected chi connectivity index (χ4v) is 4.14. The lowest BCUT2D eigenvalue weighted by Gasteiger charge is -2.31. The fourth-order valence-electron chi connectivity index (χ4n) is 4.14. The van der Waals surface area contributed by atoms with Gasteiger partial charge in [-0.05, 0) is 67.9 Å². The lowest BCUT2D eigenvalue weighted by molar-refractivity contribution is -0.731. The number of rotatable bonds is 8. The maximum Gasteiger partial charge on any atom is 0.190 e. The lowest BCUT2D eigenvalue weighted by atomic mass is 9.97. The number of quaternary nitrogens is 1. The van der Waals surface area contributed by atoms with Gasteiger partial charge >= 0.3 is 0 Å². The zero-order chi connectivity index (χ0) is 23.2. The van der Waals surface area contributed by atoms with Crippen LogP contribution in [0, 0.1) is 0 Å². The Bertz CT molecular complexity index is 1110. The van der Waals surface area contributed by atoms with Crippen molar-refractivity contribution >= 4 is 5.70 Å². The molecule has 0 aliphatic carbocycles. The molecule has 1 aliphatic rings. The second-order valence-corrected chi connectivity index (χ2v) is 7.75. The zero-order valence-electron chi connectivity index (χ0n) is 19.2. The number of phenols is 1. The highest BCUT2D eigenvalue weighted by Gasteiger charge is 2.31. The van der Waals surface area contributed by atoms with Gasteiger partial charge in [-0.2, -0.15) is 0 Å². The molecule has 172 valence electrons. The number of aromatic hydroxyl groups is 1. The van der Waals surface area contributed by atoms with Gasteiger partial charge in [0.1, 0.15) is 17.5 Å². The number of phenolic OH excluding ortho intramolecular Hbond substituents is 1. The van der Waals surface area contributed by atoms with Crippen LogP contribution in [0.25, 0.3) is 5.70 Å². The van der Waals surface area contributed by atoms with E-state index in [2.05, 4.69) is 22.8 Å². The normalized spacial score (nSPS) is 17.6. The van der Waals surface area contributed by atoms with E-state index in [0.717, 1.165) is 33.9 Å². The van der Waals surface area contributed by atoms with E-state index in [4.69, 9.17) is 14.2 Å². The molecule has 0 spiro atoms. The fraction of sp³-hybridized carbons (Fsp3) is 0.259. The van der Waals surface area contributed by atoms with Gasteiger partial charge in [-0.15, -0.1) is 0 Å². The molecule has 0 radical (unpaired) electrons. The summed E-state index contributed by atoms with van der Waals surface area (Å²) in [5, 5.41) is 16.8. The van der Waals surface area contributed by atoms with Crippen molar-refractivity contribution < 1.29 is 24.6 Å². The molecule has 0 bridgehead atoms. The summed E-state index contributed by atoms with van der Waals surface area (Å²) in [6.07, 6.45) is 2.02. The summed E-state index contributed by atoms with van der Waals surface area (Å²) in [6, 6.07) is 21.5. The predicted octanol–water partition coefficient (Wildman–Crippen LogP) is 4.15. The van der Waals surface area contributed by atoms with E-state index >= 15 is 0 Å². The molecule has 0 amide bonds. The summed E-state index contributed by atoms with van der Waals surface area (Å²) in [7, 11) is 1.66. The Balaban J connectivity index is 1.77. The molecular weight excluding hydrogens is 416 g/mol. The molecule has 3 aromatic carbocycles. The highest BCUT2D eigenvalue weighted by atomic mass is 16.5. The first-order valence-corrected chi connectivity index (χ1v) is 11.3. The van der Waals surface area contributed by atoms with Crippen LogP contribution >= 0.6 is 0 Å². The average molecular weight is 448 g/mol. The zero-order valence-corrected chi connectivity index (χ0v) is 19.2. The van der Waals surface area contributed by atoms with Crippen LogP contribution in [-0.2, 0) is 0 Å². The van der Waals surface area contributed by atoms with E-state index in [-0.39, 0.29) is 18.0 Å². The minimum absolute atomic E-state index is 0.116. The highest BCUT2D eigenvalue weighted by molar-refractivity contribution is 5.67.